The van der Waals surface area contributed by atoms with E-state index in [1.165, 1.54) is 30.9 Å². The molecular weight excluding hydrogens is 469 g/mol. The lowest BCUT2D eigenvalue weighted by Gasteiger charge is -2.34. The van der Waals surface area contributed by atoms with Crippen LogP contribution in [0.25, 0.3) is 0 Å². The zero-order valence-electron chi connectivity index (χ0n) is 17.5. The van der Waals surface area contributed by atoms with Crippen LogP contribution in [0.15, 0.2) is 40.1 Å². The molecule has 1 spiro atoms. The van der Waals surface area contributed by atoms with Crippen molar-refractivity contribution in [3.63, 3.8) is 0 Å². The van der Waals surface area contributed by atoms with Gasteiger partial charge in [0.25, 0.3) is 10.0 Å². The van der Waals surface area contributed by atoms with Crippen LogP contribution in [-0.2, 0) is 31.8 Å². The van der Waals surface area contributed by atoms with Gasteiger partial charge in [-0.25, -0.2) is 30.1 Å². The second kappa shape index (κ2) is 7.45. The number of hydrogen-bond acceptors (Lipinski definition) is 5. The zero-order chi connectivity index (χ0) is 23.5. The SMILES string of the molecule is CN(C)S(=O)(=O)c1ccc(S(=O)(=O)N2CC3(CCCCC3)n3nc(C(F)(F)F)cc32)cc1. The molecule has 0 bridgehead atoms. The molecule has 8 nitrogen and oxygen atoms in total. The van der Waals surface area contributed by atoms with Gasteiger partial charge >= 0.3 is 6.18 Å². The summed E-state index contributed by atoms with van der Waals surface area (Å²) in [7, 11) is -5.29. The van der Waals surface area contributed by atoms with Crippen molar-refractivity contribution in [1.82, 2.24) is 14.1 Å². The van der Waals surface area contributed by atoms with Gasteiger partial charge in [-0.05, 0) is 37.1 Å². The third-order valence-corrected chi connectivity index (χ3v) is 9.69. The van der Waals surface area contributed by atoms with Crippen LogP contribution in [0, 0.1) is 0 Å². The van der Waals surface area contributed by atoms with Crippen LogP contribution in [0.4, 0.5) is 19.0 Å². The van der Waals surface area contributed by atoms with Gasteiger partial charge in [0.1, 0.15) is 5.82 Å². The highest BCUT2D eigenvalue weighted by molar-refractivity contribution is 7.93. The lowest BCUT2D eigenvalue weighted by atomic mass is 9.82. The van der Waals surface area contributed by atoms with Crippen LogP contribution in [0.5, 0.6) is 0 Å². The largest absolute Gasteiger partial charge is 0.435 e. The quantitative estimate of drug-likeness (QED) is 0.654. The first-order valence-corrected chi connectivity index (χ1v) is 12.9. The highest BCUT2D eigenvalue weighted by atomic mass is 32.2. The number of anilines is 1. The molecule has 1 saturated carbocycles. The van der Waals surface area contributed by atoms with Gasteiger partial charge in [0.05, 0.1) is 21.9 Å². The number of nitrogens with zero attached hydrogens (tertiary/aromatic N) is 4. The maximum absolute atomic E-state index is 13.4. The van der Waals surface area contributed by atoms with Crippen molar-refractivity contribution in [3.8, 4) is 0 Å². The van der Waals surface area contributed by atoms with Gasteiger partial charge in [-0.3, -0.25) is 0 Å². The van der Waals surface area contributed by atoms with Crippen molar-refractivity contribution < 1.29 is 30.0 Å². The summed E-state index contributed by atoms with van der Waals surface area (Å²) in [4.78, 5) is -0.291. The molecule has 1 aliphatic heterocycles. The Hall–Kier alpha value is -2.12. The molecule has 2 heterocycles. The molecule has 0 atom stereocenters. The molecule has 13 heteroatoms. The minimum atomic E-state index is -4.70. The molecule has 32 heavy (non-hydrogen) atoms. The van der Waals surface area contributed by atoms with E-state index in [0.717, 1.165) is 46.1 Å². The Bertz CT molecular complexity index is 1230. The Labute approximate surface area is 184 Å². The normalized spacial score (nSPS) is 19.0. The third kappa shape index (κ3) is 3.59. The molecular formula is C19H23F3N4O4S2. The van der Waals surface area contributed by atoms with Crippen molar-refractivity contribution >= 4 is 25.9 Å². The summed E-state index contributed by atoms with van der Waals surface area (Å²) in [6.07, 6.45) is -1.17. The standard InChI is InChI=1S/C19H23F3N4O4S2/c1-24(2)31(27,28)14-6-8-15(9-7-14)32(29,30)25-13-18(10-4-3-5-11-18)26-17(25)12-16(23-26)19(20,21)22/h6-9,12H,3-5,10-11,13H2,1-2H3. The van der Waals surface area contributed by atoms with E-state index >= 15 is 0 Å². The number of fused-ring (bicyclic) bond motifs is 2. The van der Waals surface area contributed by atoms with Crippen molar-refractivity contribution in [2.75, 3.05) is 24.9 Å². The number of rotatable bonds is 4. The minimum absolute atomic E-state index is 0.00640. The highest BCUT2D eigenvalue weighted by Gasteiger charge is 2.50. The Morgan fingerprint density at radius 1 is 0.969 bits per heavy atom. The van der Waals surface area contributed by atoms with Crippen LogP contribution in [-0.4, -0.2) is 51.6 Å². The maximum Gasteiger partial charge on any atom is 0.435 e. The molecule has 4 rings (SSSR count). The number of alkyl halides is 3. The smallest absolute Gasteiger partial charge is 0.247 e. The second-order valence-electron chi connectivity index (χ2n) is 8.35. The van der Waals surface area contributed by atoms with E-state index in [2.05, 4.69) is 5.10 Å². The Balaban J connectivity index is 1.77. The third-order valence-electron chi connectivity index (χ3n) is 6.10. The van der Waals surface area contributed by atoms with Crippen LogP contribution < -0.4 is 4.31 Å². The van der Waals surface area contributed by atoms with E-state index in [9.17, 15) is 30.0 Å². The lowest BCUT2D eigenvalue weighted by Crippen LogP contribution is -2.41. The summed E-state index contributed by atoms with van der Waals surface area (Å²) in [6, 6.07) is 5.43. The predicted octanol–water partition coefficient (Wildman–Crippen LogP) is 3.02. The summed E-state index contributed by atoms with van der Waals surface area (Å²) in [5.74, 6) is -0.121. The van der Waals surface area contributed by atoms with E-state index in [4.69, 9.17) is 0 Å². The minimum Gasteiger partial charge on any atom is -0.247 e. The number of aromatic nitrogens is 2. The van der Waals surface area contributed by atoms with E-state index in [1.54, 1.807) is 0 Å². The van der Waals surface area contributed by atoms with Crippen molar-refractivity contribution in [2.24, 2.45) is 0 Å². The fourth-order valence-corrected chi connectivity index (χ4v) is 6.78. The summed E-state index contributed by atoms with van der Waals surface area (Å²) in [5.41, 5.74) is -1.96. The first-order valence-electron chi connectivity index (χ1n) is 10.0. The molecule has 1 aromatic carbocycles. The number of sulfonamides is 2. The van der Waals surface area contributed by atoms with E-state index < -0.39 is 37.5 Å². The predicted molar refractivity (Wildman–Crippen MR) is 110 cm³/mol. The summed E-state index contributed by atoms with van der Waals surface area (Å²) >= 11 is 0. The number of hydrogen-bond donors (Lipinski definition) is 0. The van der Waals surface area contributed by atoms with Crippen molar-refractivity contribution in [2.45, 2.75) is 53.6 Å². The molecule has 0 saturated heterocycles. The van der Waals surface area contributed by atoms with E-state index in [1.807, 2.05) is 0 Å². The van der Waals surface area contributed by atoms with E-state index in [-0.39, 0.29) is 22.2 Å². The average Bonchev–Trinajstić information content (AvgIpc) is 3.29. The Morgan fingerprint density at radius 2 is 1.53 bits per heavy atom. The lowest BCUT2D eigenvalue weighted by molar-refractivity contribution is -0.141. The fraction of sp³-hybridized carbons (Fsp3) is 0.526. The molecule has 1 aliphatic carbocycles. The number of halogens is 3. The Kier molecular flexibility index (Phi) is 5.37. The van der Waals surface area contributed by atoms with Crippen LogP contribution >= 0.6 is 0 Å². The topological polar surface area (TPSA) is 92.6 Å². The van der Waals surface area contributed by atoms with Gasteiger partial charge in [-0.1, -0.05) is 19.3 Å². The fourth-order valence-electron chi connectivity index (χ4n) is 4.36. The van der Waals surface area contributed by atoms with Gasteiger partial charge in [-0.2, -0.15) is 18.3 Å². The maximum atomic E-state index is 13.4. The van der Waals surface area contributed by atoms with Crippen LogP contribution in [0.2, 0.25) is 0 Å². The zero-order valence-corrected chi connectivity index (χ0v) is 19.1. The molecule has 1 fully saturated rings. The molecule has 0 amide bonds. The first-order chi connectivity index (χ1) is 14.8. The average molecular weight is 493 g/mol. The number of benzene rings is 1. The van der Waals surface area contributed by atoms with Gasteiger partial charge in [0.15, 0.2) is 5.69 Å². The molecule has 0 N–H and O–H groups in total. The summed E-state index contributed by atoms with van der Waals surface area (Å²) in [5, 5.41) is 3.76. The monoisotopic (exact) mass is 492 g/mol. The molecule has 0 radical (unpaired) electrons. The summed E-state index contributed by atoms with van der Waals surface area (Å²) < 4.78 is 94.6. The Morgan fingerprint density at radius 3 is 2.06 bits per heavy atom. The highest BCUT2D eigenvalue weighted by Crippen LogP contribution is 2.47. The van der Waals surface area contributed by atoms with Gasteiger partial charge in [0, 0.05) is 20.2 Å². The summed E-state index contributed by atoms with van der Waals surface area (Å²) in [6.45, 7) is -0.00640. The van der Waals surface area contributed by atoms with Gasteiger partial charge < -0.3 is 0 Å². The second-order valence-corrected chi connectivity index (χ2v) is 12.4. The van der Waals surface area contributed by atoms with E-state index in [0.29, 0.717) is 12.8 Å². The van der Waals surface area contributed by atoms with Crippen molar-refractivity contribution in [3.05, 3.63) is 36.0 Å². The molecule has 0 unspecified atom stereocenters. The molecule has 1 aromatic heterocycles. The molecule has 176 valence electrons. The van der Waals surface area contributed by atoms with Gasteiger partial charge in [-0.15, -0.1) is 0 Å². The van der Waals surface area contributed by atoms with Crippen LogP contribution in [0.1, 0.15) is 37.8 Å². The van der Waals surface area contributed by atoms with Crippen LogP contribution in [0.3, 0.4) is 0 Å². The first kappa shape index (κ1) is 23.1. The van der Waals surface area contributed by atoms with Crippen molar-refractivity contribution in [1.29, 1.82) is 0 Å². The molecule has 2 aliphatic rings. The molecule has 2 aromatic rings. The van der Waals surface area contributed by atoms with Gasteiger partial charge in [0.2, 0.25) is 10.0 Å².